The molecule has 4 heterocycles. The van der Waals surface area contributed by atoms with E-state index in [1.165, 1.54) is 14.0 Å². The van der Waals surface area contributed by atoms with Crippen molar-refractivity contribution in [2.75, 3.05) is 12.4 Å². The van der Waals surface area contributed by atoms with Crippen molar-refractivity contribution in [1.82, 2.24) is 15.1 Å². The van der Waals surface area contributed by atoms with Gasteiger partial charge in [-0.1, -0.05) is 5.10 Å². The van der Waals surface area contributed by atoms with Gasteiger partial charge in [-0.2, -0.15) is 0 Å². The van der Waals surface area contributed by atoms with Crippen molar-refractivity contribution < 1.29 is 23.9 Å². The maximum atomic E-state index is 12.6. The van der Waals surface area contributed by atoms with Crippen LogP contribution in [0.2, 0.25) is 0 Å². The topological polar surface area (TPSA) is 111 Å². The molecule has 3 saturated heterocycles. The highest BCUT2D eigenvalue weighted by atomic mass is 32.1. The number of aromatic nitrogens is 2. The lowest BCUT2D eigenvalue weighted by Gasteiger charge is -2.23. The van der Waals surface area contributed by atoms with Crippen LogP contribution in [0.1, 0.15) is 19.8 Å². The number of fused-ring (bicyclic) bond motifs is 5. The summed E-state index contributed by atoms with van der Waals surface area (Å²) in [5.41, 5.74) is 0. The van der Waals surface area contributed by atoms with Crippen molar-refractivity contribution in [3.63, 3.8) is 0 Å². The summed E-state index contributed by atoms with van der Waals surface area (Å²) < 4.78 is 10.6. The van der Waals surface area contributed by atoms with Crippen LogP contribution in [-0.2, 0) is 19.1 Å². The zero-order valence-electron chi connectivity index (χ0n) is 13.1. The van der Waals surface area contributed by atoms with Gasteiger partial charge < -0.3 is 9.47 Å². The minimum Gasteiger partial charge on any atom is -0.472 e. The summed E-state index contributed by atoms with van der Waals surface area (Å²) in [6.45, 7) is 1.53. The summed E-state index contributed by atoms with van der Waals surface area (Å²) in [4.78, 5) is 38.7. The van der Waals surface area contributed by atoms with Crippen LogP contribution in [0.5, 0.6) is 5.19 Å². The first-order chi connectivity index (χ1) is 11.5. The minimum absolute atomic E-state index is 0.191. The minimum atomic E-state index is -0.912. The van der Waals surface area contributed by atoms with E-state index in [0.717, 1.165) is 29.1 Å². The second-order valence-corrected chi connectivity index (χ2v) is 7.07. The van der Waals surface area contributed by atoms with Gasteiger partial charge >= 0.3 is 0 Å². The van der Waals surface area contributed by atoms with Crippen molar-refractivity contribution in [3.05, 3.63) is 0 Å². The van der Waals surface area contributed by atoms with Crippen LogP contribution in [-0.4, -0.2) is 58.2 Å². The molecule has 3 aliphatic heterocycles. The molecule has 0 aromatic carbocycles. The smallest absolute Gasteiger partial charge is 0.295 e. The van der Waals surface area contributed by atoms with Gasteiger partial charge in [-0.3, -0.25) is 24.6 Å². The maximum Gasteiger partial charge on any atom is 0.295 e. The maximum absolute atomic E-state index is 12.6. The fourth-order valence-electron chi connectivity index (χ4n) is 3.79. The second-order valence-electron chi connectivity index (χ2n) is 6.13. The number of hydrogen-bond donors (Lipinski definition) is 1. The Morgan fingerprint density at radius 2 is 1.92 bits per heavy atom. The standard InChI is InChI=1S/C14H16N4O5S/c1-5(10(19)15-13-16-17-14(22-2)24-13)18-11(20)8-6-3-4-7(23-6)9(8)12(18)21/h5-9H,3-4H2,1-2H3,(H,15,16,19). The Hall–Kier alpha value is -2.07. The number of carbonyl (C=O) groups excluding carboxylic acids is 3. The number of amides is 3. The van der Waals surface area contributed by atoms with Crippen LogP contribution in [0.4, 0.5) is 5.13 Å². The Morgan fingerprint density at radius 3 is 2.46 bits per heavy atom. The van der Waals surface area contributed by atoms with Crippen molar-refractivity contribution in [3.8, 4) is 5.19 Å². The highest BCUT2D eigenvalue weighted by Gasteiger charge is 2.63. The number of hydrogen-bond acceptors (Lipinski definition) is 8. The van der Waals surface area contributed by atoms with Crippen molar-refractivity contribution >= 4 is 34.2 Å². The van der Waals surface area contributed by atoms with Crippen LogP contribution in [0.3, 0.4) is 0 Å². The van der Waals surface area contributed by atoms with Gasteiger partial charge in [-0.15, -0.1) is 5.10 Å². The average molecular weight is 352 g/mol. The second kappa shape index (κ2) is 5.49. The number of anilines is 1. The molecule has 2 bridgehead atoms. The monoisotopic (exact) mass is 352 g/mol. The van der Waals surface area contributed by atoms with Gasteiger partial charge in [-0.25, -0.2) is 0 Å². The van der Waals surface area contributed by atoms with Gasteiger partial charge in [0.25, 0.3) is 5.19 Å². The predicted molar refractivity (Wildman–Crippen MR) is 81.3 cm³/mol. The van der Waals surface area contributed by atoms with Gasteiger partial charge in [-0.05, 0) is 31.1 Å². The third-order valence-corrected chi connectivity index (χ3v) is 5.70. The van der Waals surface area contributed by atoms with E-state index in [4.69, 9.17) is 9.47 Å². The van der Waals surface area contributed by atoms with Crippen molar-refractivity contribution in [2.24, 2.45) is 11.8 Å². The summed E-state index contributed by atoms with van der Waals surface area (Å²) in [5.74, 6) is -1.98. The summed E-state index contributed by atoms with van der Waals surface area (Å²) in [7, 11) is 1.45. The SMILES string of the molecule is COc1nnc(NC(=O)C(C)N2C(=O)C3C4CCC(O4)C3C2=O)s1. The third-order valence-electron chi connectivity index (χ3n) is 4.90. The normalized spacial score (nSPS) is 32.2. The lowest BCUT2D eigenvalue weighted by Crippen LogP contribution is -2.47. The van der Waals surface area contributed by atoms with E-state index in [9.17, 15) is 14.4 Å². The molecule has 1 N–H and O–H groups in total. The fraction of sp³-hybridized carbons (Fsp3) is 0.643. The molecule has 1 aromatic heterocycles. The highest BCUT2D eigenvalue weighted by molar-refractivity contribution is 7.17. The van der Waals surface area contributed by atoms with Crippen molar-refractivity contribution in [2.45, 2.75) is 38.0 Å². The lowest BCUT2D eigenvalue weighted by atomic mass is 9.81. The molecule has 4 rings (SSSR count). The van der Waals surface area contributed by atoms with E-state index in [0.29, 0.717) is 5.19 Å². The first-order valence-corrected chi connectivity index (χ1v) is 8.53. The Balaban J connectivity index is 1.49. The highest BCUT2D eigenvalue weighted by Crippen LogP contribution is 2.48. The number of rotatable bonds is 4. The van der Waals surface area contributed by atoms with E-state index in [1.54, 1.807) is 0 Å². The van der Waals surface area contributed by atoms with Gasteiger partial charge in [0.15, 0.2) is 0 Å². The zero-order valence-corrected chi connectivity index (χ0v) is 13.9. The molecule has 1 aromatic rings. The summed E-state index contributed by atoms with van der Waals surface area (Å²) in [5, 5.41) is 10.6. The first-order valence-electron chi connectivity index (χ1n) is 7.72. The number of methoxy groups -OCH3 is 1. The van der Waals surface area contributed by atoms with E-state index in [2.05, 4.69) is 15.5 Å². The van der Waals surface area contributed by atoms with E-state index in [-0.39, 0.29) is 29.2 Å². The molecule has 10 heteroatoms. The molecule has 5 atom stereocenters. The molecule has 9 nitrogen and oxygen atoms in total. The van der Waals surface area contributed by atoms with Crippen LogP contribution < -0.4 is 10.1 Å². The van der Waals surface area contributed by atoms with Gasteiger partial charge in [0.2, 0.25) is 22.9 Å². The summed E-state index contributed by atoms with van der Waals surface area (Å²) in [6.07, 6.45) is 1.21. The molecule has 0 spiro atoms. The number of carbonyl (C=O) groups is 3. The van der Waals surface area contributed by atoms with E-state index >= 15 is 0 Å². The molecule has 3 aliphatic rings. The first kappa shape index (κ1) is 15.5. The summed E-state index contributed by atoms with van der Waals surface area (Å²) >= 11 is 1.07. The molecule has 3 fully saturated rings. The molecule has 3 amide bonds. The molecule has 5 unspecified atom stereocenters. The molecular weight excluding hydrogens is 336 g/mol. The van der Waals surface area contributed by atoms with Crippen LogP contribution >= 0.6 is 11.3 Å². The lowest BCUT2D eigenvalue weighted by molar-refractivity contribution is -0.148. The van der Waals surface area contributed by atoms with Gasteiger partial charge in [0.05, 0.1) is 31.2 Å². The average Bonchev–Trinajstić information content (AvgIpc) is 3.31. The van der Waals surface area contributed by atoms with Gasteiger partial charge in [0.1, 0.15) is 6.04 Å². The molecule has 0 saturated carbocycles. The van der Waals surface area contributed by atoms with E-state index in [1.807, 2.05) is 0 Å². The van der Waals surface area contributed by atoms with Crippen molar-refractivity contribution in [1.29, 1.82) is 0 Å². The van der Waals surface area contributed by atoms with Crippen LogP contribution in [0.15, 0.2) is 0 Å². The Bertz CT molecular complexity index is 694. The number of nitrogens with one attached hydrogen (secondary N) is 1. The zero-order chi connectivity index (χ0) is 17.0. The fourth-order valence-corrected chi connectivity index (χ4v) is 4.35. The molecule has 0 radical (unpaired) electrons. The number of nitrogens with zero attached hydrogens (tertiary/aromatic N) is 3. The molecular formula is C14H16N4O5S. The Kier molecular flexibility index (Phi) is 3.53. The largest absolute Gasteiger partial charge is 0.472 e. The quantitative estimate of drug-likeness (QED) is 0.761. The van der Waals surface area contributed by atoms with Gasteiger partial charge in [0, 0.05) is 0 Å². The Morgan fingerprint density at radius 1 is 1.29 bits per heavy atom. The van der Waals surface area contributed by atoms with Crippen LogP contribution in [0, 0.1) is 11.8 Å². The van der Waals surface area contributed by atoms with Crippen LogP contribution in [0.25, 0.3) is 0 Å². The Labute approximate surface area is 141 Å². The number of likely N-dealkylation sites (tertiary alicyclic amines) is 1. The molecule has 128 valence electrons. The molecule has 24 heavy (non-hydrogen) atoms. The number of ether oxygens (including phenoxy) is 2. The third kappa shape index (κ3) is 2.13. The van der Waals surface area contributed by atoms with E-state index < -0.39 is 23.8 Å². The predicted octanol–water partition coefficient (Wildman–Crippen LogP) is 0.0361. The summed E-state index contributed by atoms with van der Waals surface area (Å²) in [6, 6.07) is -0.912. The number of imide groups is 1. The molecule has 0 aliphatic carbocycles.